The molecule has 7 heteroatoms. The maximum absolute atomic E-state index is 13.5. The molecule has 0 aliphatic carbocycles. The molecule has 130 valence electrons. The lowest BCUT2D eigenvalue weighted by Gasteiger charge is -2.26. The normalized spacial score (nSPS) is 20.0. The van der Waals surface area contributed by atoms with Gasteiger partial charge in [-0.15, -0.1) is 0 Å². The van der Waals surface area contributed by atoms with E-state index in [1.807, 2.05) is 30.3 Å². The van der Waals surface area contributed by atoms with Gasteiger partial charge in [0.2, 0.25) is 17.7 Å². The van der Waals surface area contributed by atoms with Gasteiger partial charge in [-0.3, -0.25) is 14.4 Å². The highest BCUT2D eigenvalue weighted by atomic mass is 19.1. The van der Waals surface area contributed by atoms with E-state index in [4.69, 9.17) is 5.73 Å². The Bertz CT molecular complexity index is 608. The highest BCUT2D eigenvalue weighted by Gasteiger charge is 2.39. The van der Waals surface area contributed by atoms with Crippen LogP contribution < -0.4 is 5.73 Å². The molecule has 24 heavy (non-hydrogen) atoms. The molecule has 2 atom stereocenters. The van der Waals surface area contributed by atoms with Crippen LogP contribution in [0.3, 0.4) is 0 Å². The Morgan fingerprint density at radius 1 is 1.29 bits per heavy atom. The summed E-state index contributed by atoms with van der Waals surface area (Å²) in [5.74, 6) is -1.42. The third-order valence-corrected chi connectivity index (χ3v) is 4.18. The second-order valence-electron chi connectivity index (χ2n) is 5.97. The number of amides is 3. The molecule has 0 saturated carbocycles. The molecule has 1 aromatic rings. The number of halogens is 1. The lowest BCUT2D eigenvalue weighted by atomic mass is 10.1. The molecule has 1 aliphatic heterocycles. The van der Waals surface area contributed by atoms with E-state index in [-0.39, 0.29) is 25.4 Å². The van der Waals surface area contributed by atoms with Crippen molar-refractivity contribution in [2.75, 3.05) is 19.6 Å². The Kier molecular flexibility index (Phi) is 5.89. The molecule has 1 fully saturated rings. The van der Waals surface area contributed by atoms with Crippen LogP contribution in [0.2, 0.25) is 0 Å². The molecule has 0 spiro atoms. The number of benzene rings is 1. The number of carbonyl (C=O) groups excluding carboxylic acids is 3. The van der Waals surface area contributed by atoms with Crippen LogP contribution in [0.25, 0.3) is 0 Å². The summed E-state index contributed by atoms with van der Waals surface area (Å²) >= 11 is 0. The molecule has 1 aromatic carbocycles. The van der Waals surface area contributed by atoms with Crippen LogP contribution in [-0.4, -0.2) is 59.4 Å². The summed E-state index contributed by atoms with van der Waals surface area (Å²) in [4.78, 5) is 38.1. The van der Waals surface area contributed by atoms with E-state index in [0.29, 0.717) is 13.0 Å². The first-order valence-electron chi connectivity index (χ1n) is 7.90. The van der Waals surface area contributed by atoms with Gasteiger partial charge in [0.1, 0.15) is 12.2 Å². The minimum absolute atomic E-state index is 0.0782. The highest BCUT2D eigenvalue weighted by Crippen LogP contribution is 2.20. The zero-order chi connectivity index (χ0) is 17.7. The van der Waals surface area contributed by atoms with Crippen LogP contribution in [0.5, 0.6) is 0 Å². The number of rotatable bonds is 6. The number of alkyl halides is 1. The van der Waals surface area contributed by atoms with E-state index in [0.717, 1.165) is 10.5 Å². The number of likely N-dealkylation sites (tertiary alicyclic amines) is 1. The summed E-state index contributed by atoms with van der Waals surface area (Å²) in [7, 11) is 0. The van der Waals surface area contributed by atoms with Crippen LogP contribution in [0.15, 0.2) is 30.3 Å². The van der Waals surface area contributed by atoms with Gasteiger partial charge in [0, 0.05) is 19.9 Å². The van der Waals surface area contributed by atoms with E-state index < -0.39 is 24.0 Å². The second kappa shape index (κ2) is 7.90. The fourth-order valence-corrected chi connectivity index (χ4v) is 2.84. The molecular formula is C17H22FN3O3. The molecule has 3 amide bonds. The number of carbonyl (C=O) groups is 3. The van der Waals surface area contributed by atoms with Gasteiger partial charge >= 0.3 is 0 Å². The zero-order valence-corrected chi connectivity index (χ0v) is 13.7. The molecule has 0 radical (unpaired) electrons. The van der Waals surface area contributed by atoms with E-state index in [9.17, 15) is 18.8 Å². The average Bonchev–Trinajstić information content (AvgIpc) is 2.94. The Morgan fingerprint density at radius 3 is 2.54 bits per heavy atom. The van der Waals surface area contributed by atoms with Gasteiger partial charge in [-0.05, 0) is 12.0 Å². The monoisotopic (exact) mass is 335 g/mol. The second-order valence-corrected chi connectivity index (χ2v) is 5.97. The maximum atomic E-state index is 13.5. The minimum Gasteiger partial charge on any atom is -0.368 e. The van der Waals surface area contributed by atoms with Crippen molar-refractivity contribution in [3.05, 3.63) is 35.9 Å². The van der Waals surface area contributed by atoms with Crippen molar-refractivity contribution < 1.29 is 18.8 Å². The van der Waals surface area contributed by atoms with Crippen LogP contribution in [0.1, 0.15) is 18.9 Å². The average molecular weight is 335 g/mol. The molecule has 1 aliphatic rings. The van der Waals surface area contributed by atoms with Crippen molar-refractivity contribution in [2.45, 2.75) is 32.0 Å². The smallest absolute Gasteiger partial charge is 0.242 e. The fraction of sp³-hybridized carbons (Fsp3) is 0.471. The topological polar surface area (TPSA) is 83.7 Å². The van der Waals surface area contributed by atoms with E-state index >= 15 is 0 Å². The molecule has 0 unspecified atom stereocenters. The lowest BCUT2D eigenvalue weighted by molar-refractivity contribution is -0.142. The highest BCUT2D eigenvalue weighted by molar-refractivity contribution is 5.89. The molecule has 1 heterocycles. The van der Waals surface area contributed by atoms with Crippen molar-refractivity contribution in [3.63, 3.8) is 0 Å². The Labute approximate surface area is 140 Å². The fourth-order valence-electron chi connectivity index (χ4n) is 2.84. The SMILES string of the molecule is CC(=O)N(CCc1ccccc1)CC(=O)N1C[C@H](F)C[C@H]1C(N)=O. The summed E-state index contributed by atoms with van der Waals surface area (Å²) < 4.78 is 13.5. The molecule has 6 nitrogen and oxygen atoms in total. The molecular weight excluding hydrogens is 313 g/mol. The third-order valence-electron chi connectivity index (χ3n) is 4.18. The molecule has 1 saturated heterocycles. The Morgan fingerprint density at radius 2 is 1.96 bits per heavy atom. The van der Waals surface area contributed by atoms with Gasteiger partial charge in [-0.1, -0.05) is 30.3 Å². The molecule has 2 rings (SSSR count). The van der Waals surface area contributed by atoms with Gasteiger partial charge < -0.3 is 15.5 Å². The standard InChI is InChI=1S/C17H22FN3O3/c1-12(22)20(8-7-13-5-3-2-4-6-13)11-16(23)21-10-14(18)9-15(21)17(19)24/h2-6,14-15H,7-11H2,1H3,(H2,19,24)/t14-,15+/m1/s1. The Balaban J connectivity index is 1.98. The lowest BCUT2D eigenvalue weighted by Crippen LogP contribution is -2.48. The molecule has 0 bridgehead atoms. The van der Waals surface area contributed by atoms with Crippen LogP contribution in [0.4, 0.5) is 4.39 Å². The van der Waals surface area contributed by atoms with Crippen LogP contribution in [0, 0.1) is 0 Å². The van der Waals surface area contributed by atoms with Crippen LogP contribution in [-0.2, 0) is 20.8 Å². The Hall–Kier alpha value is -2.44. The minimum atomic E-state index is -1.26. The largest absolute Gasteiger partial charge is 0.368 e. The van der Waals surface area contributed by atoms with Crippen LogP contribution >= 0.6 is 0 Å². The third kappa shape index (κ3) is 4.53. The number of nitrogens with two attached hydrogens (primary N) is 1. The maximum Gasteiger partial charge on any atom is 0.242 e. The number of nitrogens with zero attached hydrogens (tertiary/aromatic N) is 2. The van der Waals surface area contributed by atoms with E-state index in [1.54, 1.807) is 0 Å². The zero-order valence-electron chi connectivity index (χ0n) is 13.7. The van der Waals surface area contributed by atoms with Crippen molar-refractivity contribution in [3.8, 4) is 0 Å². The first kappa shape index (κ1) is 17.9. The summed E-state index contributed by atoms with van der Waals surface area (Å²) in [6.07, 6.45) is -0.731. The molecule has 0 aromatic heterocycles. The van der Waals surface area contributed by atoms with E-state index in [1.165, 1.54) is 11.8 Å². The van der Waals surface area contributed by atoms with Gasteiger partial charge in [0.05, 0.1) is 13.1 Å². The molecule has 2 N–H and O–H groups in total. The van der Waals surface area contributed by atoms with Crippen molar-refractivity contribution in [2.24, 2.45) is 5.73 Å². The predicted octanol–water partition coefficient (Wildman–Crippen LogP) is 0.502. The van der Waals surface area contributed by atoms with Crippen molar-refractivity contribution in [1.82, 2.24) is 9.80 Å². The summed E-state index contributed by atoms with van der Waals surface area (Å²) in [6.45, 7) is 1.42. The summed E-state index contributed by atoms with van der Waals surface area (Å²) in [5.41, 5.74) is 6.29. The van der Waals surface area contributed by atoms with Crippen molar-refractivity contribution >= 4 is 17.7 Å². The quantitative estimate of drug-likeness (QED) is 0.822. The van der Waals surface area contributed by atoms with Gasteiger partial charge in [0.25, 0.3) is 0 Å². The summed E-state index contributed by atoms with van der Waals surface area (Å²) in [5, 5.41) is 0. The first-order valence-corrected chi connectivity index (χ1v) is 7.90. The van der Waals surface area contributed by atoms with Gasteiger partial charge in [0.15, 0.2) is 0 Å². The number of primary amides is 1. The van der Waals surface area contributed by atoms with E-state index in [2.05, 4.69) is 0 Å². The number of hydrogen-bond acceptors (Lipinski definition) is 3. The number of hydrogen-bond donors (Lipinski definition) is 1. The summed E-state index contributed by atoms with van der Waals surface area (Å²) in [6, 6.07) is 8.66. The predicted molar refractivity (Wildman–Crippen MR) is 86.6 cm³/mol. The first-order chi connectivity index (χ1) is 11.4. The van der Waals surface area contributed by atoms with Gasteiger partial charge in [-0.25, -0.2) is 4.39 Å². The van der Waals surface area contributed by atoms with Gasteiger partial charge in [-0.2, -0.15) is 0 Å². The van der Waals surface area contributed by atoms with Crippen molar-refractivity contribution in [1.29, 1.82) is 0 Å².